The van der Waals surface area contributed by atoms with Crippen LogP contribution in [-0.4, -0.2) is 23.2 Å². The Balaban J connectivity index is 1.64. The molecule has 0 spiro atoms. The predicted molar refractivity (Wildman–Crippen MR) is 79.7 cm³/mol. The van der Waals surface area contributed by atoms with E-state index in [2.05, 4.69) is 20.8 Å². The number of anilines is 3. The molecule has 1 aromatic heterocycles. The molecule has 3 rings (SSSR count). The van der Waals surface area contributed by atoms with Crippen molar-refractivity contribution in [1.29, 1.82) is 0 Å². The van der Waals surface area contributed by atoms with Gasteiger partial charge in [0.05, 0.1) is 7.11 Å². The highest BCUT2D eigenvalue weighted by Crippen LogP contribution is 2.30. The normalized spacial score (nSPS) is 13.6. The van der Waals surface area contributed by atoms with E-state index in [1.54, 1.807) is 19.2 Å². The lowest BCUT2D eigenvalue weighted by Crippen LogP contribution is -2.14. The summed E-state index contributed by atoms with van der Waals surface area (Å²) >= 11 is 0. The Labute approximate surface area is 122 Å². The summed E-state index contributed by atoms with van der Waals surface area (Å²) < 4.78 is 5.16. The predicted octanol–water partition coefficient (Wildman–Crippen LogP) is 2.58. The second-order valence-electron chi connectivity index (χ2n) is 4.92. The maximum absolute atomic E-state index is 11.6. The maximum Gasteiger partial charge on any atom is 0.228 e. The molecule has 21 heavy (non-hydrogen) atoms. The monoisotopic (exact) mass is 284 g/mol. The van der Waals surface area contributed by atoms with Gasteiger partial charge in [0.1, 0.15) is 5.75 Å². The van der Waals surface area contributed by atoms with E-state index >= 15 is 0 Å². The van der Waals surface area contributed by atoms with Gasteiger partial charge < -0.3 is 15.4 Å². The molecular formula is C15H16N4O2. The Morgan fingerprint density at radius 3 is 2.62 bits per heavy atom. The third-order valence-corrected chi connectivity index (χ3v) is 3.21. The van der Waals surface area contributed by atoms with E-state index in [1.807, 2.05) is 24.3 Å². The van der Waals surface area contributed by atoms with Gasteiger partial charge in [0.2, 0.25) is 5.91 Å². The van der Waals surface area contributed by atoms with Crippen LogP contribution in [0.4, 0.5) is 17.3 Å². The lowest BCUT2D eigenvalue weighted by atomic mass is 10.3. The largest absolute Gasteiger partial charge is 0.497 e. The molecule has 6 nitrogen and oxygen atoms in total. The molecule has 1 fully saturated rings. The minimum absolute atomic E-state index is 0.0257. The van der Waals surface area contributed by atoms with Gasteiger partial charge in [-0.25, -0.2) is 0 Å². The summed E-state index contributed by atoms with van der Waals surface area (Å²) in [4.78, 5) is 11.6. The van der Waals surface area contributed by atoms with Crippen molar-refractivity contribution in [2.75, 3.05) is 17.7 Å². The van der Waals surface area contributed by atoms with Crippen molar-refractivity contribution in [3.8, 4) is 5.75 Å². The van der Waals surface area contributed by atoms with E-state index in [9.17, 15) is 4.79 Å². The first-order valence-electron chi connectivity index (χ1n) is 6.80. The molecule has 1 saturated carbocycles. The molecule has 6 heteroatoms. The minimum atomic E-state index is 0.0257. The first-order chi connectivity index (χ1) is 10.2. The smallest absolute Gasteiger partial charge is 0.228 e. The van der Waals surface area contributed by atoms with Crippen LogP contribution in [0.3, 0.4) is 0 Å². The van der Waals surface area contributed by atoms with Crippen molar-refractivity contribution in [3.05, 3.63) is 36.4 Å². The van der Waals surface area contributed by atoms with Gasteiger partial charge in [0, 0.05) is 17.7 Å². The van der Waals surface area contributed by atoms with Crippen LogP contribution in [-0.2, 0) is 4.79 Å². The van der Waals surface area contributed by atoms with Crippen LogP contribution in [0.2, 0.25) is 0 Å². The molecule has 1 amide bonds. The van der Waals surface area contributed by atoms with E-state index in [4.69, 9.17) is 4.74 Å². The van der Waals surface area contributed by atoms with Gasteiger partial charge in [-0.3, -0.25) is 4.79 Å². The van der Waals surface area contributed by atoms with Crippen LogP contribution in [0, 0.1) is 5.92 Å². The summed E-state index contributed by atoms with van der Waals surface area (Å²) in [6, 6.07) is 11.0. The van der Waals surface area contributed by atoms with Crippen molar-refractivity contribution in [2.24, 2.45) is 5.92 Å². The first-order valence-corrected chi connectivity index (χ1v) is 6.80. The van der Waals surface area contributed by atoms with Gasteiger partial charge in [-0.15, -0.1) is 10.2 Å². The fourth-order valence-electron chi connectivity index (χ4n) is 1.89. The van der Waals surface area contributed by atoms with Crippen molar-refractivity contribution in [3.63, 3.8) is 0 Å². The third-order valence-electron chi connectivity index (χ3n) is 3.21. The summed E-state index contributed by atoms with van der Waals surface area (Å²) in [5, 5.41) is 13.9. The van der Waals surface area contributed by atoms with E-state index < -0.39 is 0 Å². The van der Waals surface area contributed by atoms with E-state index in [0.29, 0.717) is 11.6 Å². The number of nitrogens with zero attached hydrogens (tertiary/aromatic N) is 2. The maximum atomic E-state index is 11.6. The summed E-state index contributed by atoms with van der Waals surface area (Å²) in [7, 11) is 1.62. The molecule has 0 aliphatic heterocycles. The van der Waals surface area contributed by atoms with Crippen molar-refractivity contribution < 1.29 is 9.53 Å². The highest BCUT2D eigenvalue weighted by Gasteiger charge is 2.29. The molecule has 108 valence electrons. The Bertz CT molecular complexity index is 638. The SMILES string of the molecule is COc1cccc(Nc2ccc(NC(=O)C3CC3)nn2)c1. The Morgan fingerprint density at radius 1 is 1.19 bits per heavy atom. The highest BCUT2D eigenvalue weighted by atomic mass is 16.5. The Kier molecular flexibility index (Phi) is 3.68. The highest BCUT2D eigenvalue weighted by molar-refractivity contribution is 5.93. The number of carbonyl (C=O) groups excluding carboxylic acids is 1. The zero-order chi connectivity index (χ0) is 14.7. The summed E-state index contributed by atoms with van der Waals surface area (Å²) in [5.74, 6) is 2.02. The van der Waals surface area contributed by atoms with Gasteiger partial charge in [0.15, 0.2) is 11.6 Å². The number of methoxy groups -OCH3 is 1. The molecule has 1 heterocycles. The molecule has 0 atom stereocenters. The Morgan fingerprint density at radius 2 is 1.95 bits per heavy atom. The molecule has 2 aromatic rings. The van der Waals surface area contributed by atoms with E-state index in [0.717, 1.165) is 24.3 Å². The standard InChI is InChI=1S/C15H16N4O2/c1-21-12-4-2-3-11(9-12)16-13-7-8-14(19-18-13)17-15(20)10-5-6-10/h2-4,7-10H,5-6H2,1H3,(H,16,18)(H,17,19,20). The molecule has 1 aliphatic carbocycles. The average molecular weight is 284 g/mol. The van der Waals surface area contributed by atoms with Crippen molar-refractivity contribution in [1.82, 2.24) is 10.2 Å². The van der Waals surface area contributed by atoms with Crippen molar-refractivity contribution >= 4 is 23.2 Å². The molecule has 1 aliphatic rings. The number of benzene rings is 1. The quantitative estimate of drug-likeness (QED) is 0.882. The number of hydrogen-bond donors (Lipinski definition) is 2. The molecule has 2 N–H and O–H groups in total. The molecule has 1 aromatic carbocycles. The van der Waals surface area contributed by atoms with Crippen LogP contribution in [0.5, 0.6) is 5.75 Å². The van der Waals surface area contributed by atoms with Crippen LogP contribution in [0.15, 0.2) is 36.4 Å². The summed E-state index contributed by atoms with van der Waals surface area (Å²) in [6.45, 7) is 0. The van der Waals surface area contributed by atoms with Crippen LogP contribution < -0.4 is 15.4 Å². The third kappa shape index (κ3) is 3.47. The van der Waals surface area contributed by atoms with Gasteiger partial charge in [-0.1, -0.05) is 6.07 Å². The van der Waals surface area contributed by atoms with Crippen LogP contribution in [0.25, 0.3) is 0 Å². The zero-order valence-electron chi connectivity index (χ0n) is 11.7. The molecular weight excluding hydrogens is 268 g/mol. The average Bonchev–Trinajstić information content (AvgIpc) is 3.34. The molecule has 0 unspecified atom stereocenters. The zero-order valence-corrected chi connectivity index (χ0v) is 11.7. The number of carbonyl (C=O) groups is 1. The number of aromatic nitrogens is 2. The molecule has 0 bridgehead atoms. The van der Waals surface area contributed by atoms with Crippen molar-refractivity contribution in [2.45, 2.75) is 12.8 Å². The summed E-state index contributed by atoms with van der Waals surface area (Å²) in [5.41, 5.74) is 0.860. The van der Waals surface area contributed by atoms with Crippen LogP contribution in [0.1, 0.15) is 12.8 Å². The van der Waals surface area contributed by atoms with E-state index in [-0.39, 0.29) is 11.8 Å². The number of ether oxygens (including phenoxy) is 1. The topological polar surface area (TPSA) is 76.1 Å². The lowest BCUT2D eigenvalue weighted by Gasteiger charge is -2.07. The number of nitrogens with one attached hydrogen (secondary N) is 2. The second-order valence-corrected chi connectivity index (χ2v) is 4.92. The lowest BCUT2D eigenvalue weighted by molar-refractivity contribution is -0.117. The Hall–Kier alpha value is -2.63. The van der Waals surface area contributed by atoms with Gasteiger partial charge in [-0.05, 0) is 37.1 Å². The summed E-state index contributed by atoms with van der Waals surface area (Å²) in [6.07, 6.45) is 1.93. The fourth-order valence-corrected chi connectivity index (χ4v) is 1.89. The second kappa shape index (κ2) is 5.78. The van der Waals surface area contributed by atoms with Gasteiger partial charge >= 0.3 is 0 Å². The van der Waals surface area contributed by atoms with Gasteiger partial charge in [-0.2, -0.15) is 0 Å². The van der Waals surface area contributed by atoms with E-state index in [1.165, 1.54) is 0 Å². The molecule has 0 radical (unpaired) electrons. The molecule has 0 saturated heterocycles. The minimum Gasteiger partial charge on any atom is -0.497 e. The number of amides is 1. The number of rotatable bonds is 5. The van der Waals surface area contributed by atoms with Crippen LogP contribution >= 0.6 is 0 Å². The fraction of sp³-hybridized carbons (Fsp3) is 0.267. The first kappa shape index (κ1) is 13.4. The number of hydrogen-bond acceptors (Lipinski definition) is 5. The van der Waals surface area contributed by atoms with Gasteiger partial charge in [0.25, 0.3) is 0 Å².